The Bertz CT molecular complexity index is 357. The average molecular weight is 232 g/mol. The molecule has 0 aliphatic rings. The minimum absolute atomic E-state index is 0.0314. The van der Waals surface area contributed by atoms with E-state index in [4.69, 9.17) is 16.7 Å². The number of hydrogen-bond donors (Lipinski definition) is 2. The van der Waals surface area contributed by atoms with Crippen molar-refractivity contribution in [3.05, 3.63) is 34.6 Å². The zero-order valence-corrected chi connectivity index (χ0v) is 8.72. The van der Waals surface area contributed by atoms with E-state index in [1.54, 1.807) is 6.07 Å². The topological polar surface area (TPSA) is 49.3 Å². The van der Waals surface area contributed by atoms with E-state index in [0.717, 1.165) is 0 Å². The first-order valence-corrected chi connectivity index (χ1v) is 4.82. The fraction of sp³-hybridized carbons (Fsp3) is 0.300. The molecule has 0 aromatic heterocycles. The highest BCUT2D eigenvalue weighted by Gasteiger charge is 2.03. The lowest BCUT2D eigenvalue weighted by atomic mass is 10.2. The molecule has 0 atom stereocenters. The molecule has 1 amide bonds. The Morgan fingerprint density at radius 1 is 1.53 bits per heavy atom. The van der Waals surface area contributed by atoms with Gasteiger partial charge in [-0.05, 0) is 17.7 Å². The summed E-state index contributed by atoms with van der Waals surface area (Å²) in [6.45, 7) is 0.0921. The van der Waals surface area contributed by atoms with Gasteiger partial charge in [0.15, 0.2) is 0 Å². The number of aliphatic hydroxyl groups is 1. The molecule has 0 aliphatic heterocycles. The Hall–Kier alpha value is -1.13. The van der Waals surface area contributed by atoms with Gasteiger partial charge in [0.2, 0.25) is 5.91 Å². The van der Waals surface area contributed by atoms with Crippen LogP contribution in [0.4, 0.5) is 4.39 Å². The molecule has 0 fully saturated rings. The van der Waals surface area contributed by atoms with Crippen molar-refractivity contribution < 1.29 is 14.3 Å². The van der Waals surface area contributed by atoms with Gasteiger partial charge >= 0.3 is 0 Å². The van der Waals surface area contributed by atoms with Crippen molar-refractivity contribution in [2.24, 2.45) is 0 Å². The molecule has 0 heterocycles. The SMILES string of the molecule is O=C(CCO)NCc1ccc(F)c(Cl)c1. The highest BCUT2D eigenvalue weighted by molar-refractivity contribution is 6.30. The van der Waals surface area contributed by atoms with Crippen LogP contribution in [-0.4, -0.2) is 17.6 Å². The van der Waals surface area contributed by atoms with E-state index >= 15 is 0 Å². The molecule has 82 valence electrons. The first-order chi connectivity index (χ1) is 7.13. The second-order valence-electron chi connectivity index (χ2n) is 3.00. The van der Waals surface area contributed by atoms with E-state index in [9.17, 15) is 9.18 Å². The van der Waals surface area contributed by atoms with Gasteiger partial charge in [-0.25, -0.2) is 4.39 Å². The summed E-state index contributed by atoms with van der Waals surface area (Å²) in [7, 11) is 0. The largest absolute Gasteiger partial charge is 0.396 e. The average Bonchev–Trinajstić information content (AvgIpc) is 2.20. The van der Waals surface area contributed by atoms with Crippen molar-refractivity contribution in [2.75, 3.05) is 6.61 Å². The minimum atomic E-state index is -0.484. The van der Waals surface area contributed by atoms with Gasteiger partial charge in [-0.1, -0.05) is 17.7 Å². The predicted octanol–water partition coefficient (Wildman–Crippen LogP) is 1.48. The maximum absolute atomic E-state index is 12.8. The van der Waals surface area contributed by atoms with E-state index < -0.39 is 5.82 Å². The van der Waals surface area contributed by atoms with Crippen LogP contribution >= 0.6 is 11.6 Å². The van der Waals surface area contributed by atoms with Crippen LogP contribution in [0.15, 0.2) is 18.2 Å². The molecule has 1 rings (SSSR count). The van der Waals surface area contributed by atoms with Gasteiger partial charge in [0.25, 0.3) is 0 Å². The van der Waals surface area contributed by atoms with Gasteiger partial charge < -0.3 is 10.4 Å². The van der Waals surface area contributed by atoms with E-state index in [1.165, 1.54) is 12.1 Å². The fourth-order valence-electron chi connectivity index (χ4n) is 1.04. The number of nitrogens with one attached hydrogen (secondary N) is 1. The van der Waals surface area contributed by atoms with E-state index in [0.29, 0.717) is 5.56 Å². The van der Waals surface area contributed by atoms with Crippen LogP contribution in [0.5, 0.6) is 0 Å². The third-order valence-corrected chi connectivity index (χ3v) is 2.10. The molecule has 2 N–H and O–H groups in total. The number of aliphatic hydroxyl groups excluding tert-OH is 1. The molecule has 0 saturated heterocycles. The minimum Gasteiger partial charge on any atom is -0.396 e. The number of carbonyl (C=O) groups is 1. The molecule has 0 unspecified atom stereocenters. The number of rotatable bonds is 4. The third kappa shape index (κ3) is 3.85. The van der Waals surface area contributed by atoms with Crippen LogP contribution in [-0.2, 0) is 11.3 Å². The molecule has 5 heteroatoms. The van der Waals surface area contributed by atoms with Crippen LogP contribution in [0.1, 0.15) is 12.0 Å². The first-order valence-electron chi connectivity index (χ1n) is 4.45. The first kappa shape index (κ1) is 11.9. The predicted molar refractivity (Wildman–Crippen MR) is 55.0 cm³/mol. The molecule has 0 saturated carbocycles. The number of carbonyl (C=O) groups excluding carboxylic acids is 1. The van der Waals surface area contributed by atoms with Crippen molar-refractivity contribution in [1.29, 1.82) is 0 Å². The second kappa shape index (κ2) is 5.68. The smallest absolute Gasteiger partial charge is 0.222 e. The van der Waals surface area contributed by atoms with Crippen molar-refractivity contribution in [3.63, 3.8) is 0 Å². The molecule has 0 bridgehead atoms. The van der Waals surface area contributed by atoms with Crippen molar-refractivity contribution in [3.8, 4) is 0 Å². The zero-order valence-electron chi connectivity index (χ0n) is 7.96. The van der Waals surface area contributed by atoms with Gasteiger partial charge in [0, 0.05) is 13.0 Å². The lowest BCUT2D eigenvalue weighted by Gasteiger charge is -2.04. The summed E-state index contributed by atoms with van der Waals surface area (Å²) in [6.07, 6.45) is 0.0644. The van der Waals surface area contributed by atoms with Gasteiger partial charge in [0.05, 0.1) is 11.6 Å². The van der Waals surface area contributed by atoms with Crippen LogP contribution < -0.4 is 5.32 Å². The summed E-state index contributed by atoms with van der Waals surface area (Å²) < 4.78 is 12.8. The number of halogens is 2. The number of benzene rings is 1. The highest BCUT2D eigenvalue weighted by atomic mass is 35.5. The summed E-state index contributed by atoms with van der Waals surface area (Å²) in [5.41, 5.74) is 0.715. The van der Waals surface area contributed by atoms with Crippen molar-refractivity contribution in [2.45, 2.75) is 13.0 Å². The van der Waals surface area contributed by atoms with Crippen LogP contribution in [0.25, 0.3) is 0 Å². The maximum atomic E-state index is 12.8. The quantitative estimate of drug-likeness (QED) is 0.825. The summed E-state index contributed by atoms with van der Waals surface area (Å²) in [5.74, 6) is -0.736. The summed E-state index contributed by atoms with van der Waals surface area (Å²) in [4.78, 5) is 11.0. The third-order valence-electron chi connectivity index (χ3n) is 1.81. The number of amides is 1. The Morgan fingerprint density at radius 3 is 2.87 bits per heavy atom. The van der Waals surface area contributed by atoms with E-state index in [1.807, 2.05) is 0 Å². The van der Waals surface area contributed by atoms with Gasteiger partial charge in [-0.15, -0.1) is 0 Å². The van der Waals surface area contributed by atoms with Crippen LogP contribution in [0.3, 0.4) is 0 Å². The monoisotopic (exact) mass is 231 g/mol. The Morgan fingerprint density at radius 2 is 2.27 bits per heavy atom. The Balaban J connectivity index is 2.51. The highest BCUT2D eigenvalue weighted by Crippen LogP contribution is 2.15. The summed E-state index contributed by atoms with van der Waals surface area (Å²) >= 11 is 5.56. The molecule has 3 nitrogen and oxygen atoms in total. The lowest BCUT2D eigenvalue weighted by molar-refractivity contribution is -0.121. The molecular weight excluding hydrogens is 221 g/mol. The van der Waals surface area contributed by atoms with Gasteiger partial charge in [-0.2, -0.15) is 0 Å². The van der Waals surface area contributed by atoms with Gasteiger partial charge in [-0.3, -0.25) is 4.79 Å². The van der Waals surface area contributed by atoms with Crippen LogP contribution in [0, 0.1) is 5.82 Å². The standard InChI is InChI=1S/C10H11ClFNO2/c11-8-5-7(1-2-9(8)12)6-13-10(15)3-4-14/h1-2,5,14H,3-4,6H2,(H,13,15). The molecule has 1 aromatic rings. The lowest BCUT2D eigenvalue weighted by Crippen LogP contribution is -2.23. The normalized spacial score (nSPS) is 10.1. The Labute approximate surface area is 91.9 Å². The molecule has 0 aliphatic carbocycles. The summed E-state index contributed by atoms with van der Waals surface area (Å²) in [6, 6.07) is 4.24. The molecule has 1 aromatic carbocycles. The van der Waals surface area contributed by atoms with Crippen LogP contribution in [0.2, 0.25) is 5.02 Å². The molecular formula is C10H11ClFNO2. The Kier molecular flexibility index (Phi) is 4.52. The molecule has 0 spiro atoms. The second-order valence-corrected chi connectivity index (χ2v) is 3.41. The zero-order chi connectivity index (χ0) is 11.3. The van der Waals surface area contributed by atoms with Crippen molar-refractivity contribution in [1.82, 2.24) is 5.32 Å². The van der Waals surface area contributed by atoms with E-state index in [2.05, 4.69) is 5.32 Å². The maximum Gasteiger partial charge on any atom is 0.222 e. The van der Waals surface area contributed by atoms with Crippen molar-refractivity contribution >= 4 is 17.5 Å². The molecule has 15 heavy (non-hydrogen) atoms. The summed E-state index contributed by atoms with van der Waals surface area (Å²) in [5, 5.41) is 11.1. The van der Waals surface area contributed by atoms with Gasteiger partial charge in [0.1, 0.15) is 5.82 Å². The number of hydrogen-bond acceptors (Lipinski definition) is 2. The fourth-order valence-corrected chi connectivity index (χ4v) is 1.24. The van der Waals surface area contributed by atoms with E-state index in [-0.39, 0.29) is 30.5 Å². The molecule has 0 radical (unpaired) electrons.